The van der Waals surface area contributed by atoms with Crippen molar-refractivity contribution in [2.45, 2.75) is 83.8 Å². The first-order valence-corrected chi connectivity index (χ1v) is 13.4. The first-order valence-electron chi connectivity index (χ1n) is 13.4. The highest BCUT2D eigenvalue weighted by atomic mass is 19.1. The summed E-state index contributed by atoms with van der Waals surface area (Å²) in [5.41, 5.74) is 0.899. The van der Waals surface area contributed by atoms with Crippen molar-refractivity contribution in [2.24, 2.45) is 5.92 Å². The Morgan fingerprint density at radius 1 is 1.14 bits per heavy atom. The van der Waals surface area contributed by atoms with Crippen LogP contribution >= 0.6 is 0 Å². The van der Waals surface area contributed by atoms with Gasteiger partial charge in [0.05, 0.1) is 17.7 Å². The van der Waals surface area contributed by atoms with Crippen molar-refractivity contribution < 1.29 is 14.0 Å². The van der Waals surface area contributed by atoms with Gasteiger partial charge in [-0.05, 0) is 62.4 Å². The van der Waals surface area contributed by atoms with Crippen LogP contribution in [0.15, 0.2) is 42.7 Å². The molecule has 1 N–H and O–H groups in total. The van der Waals surface area contributed by atoms with Crippen LogP contribution in [0.4, 0.5) is 4.39 Å². The van der Waals surface area contributed by atoms with Crippen LogP contribution in [0.3, 0.4) is 0 Å². The number of rotatable bonds is 6. The minimum Gasteiger partial charge on any atom is -0.351 e. The maximum Gasteiger partial charge on any atom is 0.273 e. The topological polar surface area (TPSA) is 59.3 Å². The molecule has 2 aromatic heterocycles. The minimum atomic E-state index is -1.04. The molecule has 0 unspecified atom stereocenters. The van der Waals surface area contributed by atoms with E-state index in [9.17, 15) is 14.0 Å². The van der Waals surface area contributed by atoms with Gasteiger partial charge in [-0.3, -0.25) is 9.59 Å². The van der Waals surface area contributed by atoms with Crippen LogP contribution in [0.25, 0.3) is 16.6 Å². The average Bonchev–Trinajstić information content (AvgIpc) is 3.38. The van der Waals surface area contributed by atoms with E-state index in [1.54, 1.807) is 11.0 Å². The van der Waals surface area contributed by atoms with E-state index in [1.165, 1.54) is 25.0 Å². The number of nitrogens with zero attached hydrogens (tertiary/aromatic N) is 3. The smallest absolute Gasteiger partial charge is 0.273 e. The molecule has 1 aromatic carbocycles. The van der Waals surface area contributed by atoms with Gasteiger partial charge in [-0.25, -0.2) is 4.39 Å². The van der Waals surface area contributed by atoms with E-state index in [1.807, 2.05) is 40.6 Å². The Bertz CT molecular complexity index is 1250. The highest BCUT2D eigenvalue weighted by Crippen LogP contribution is 2.38. The minimum absolute atomic E-state index is 0.0939. The molecule has 0 spiro atoms. The van der Waals surface area contributed by atoms with Crippen molar-refractivity contribution in [3.05, 3.63) is 54.2 Å². The van der Waals surface area contributed by atoms with E-state index < -0.39 is 5.54 Å². The molecule has 3 aromatic rings. The van der Waals surface area contributed by atoms with Crippen LogP contribution < -0.4 is 5.32 Å². The SMILES string of the molecule is CC(C)CCN1C(=O)c2c(-n3cccc3)c3cc(F)ccc3n2C[C@@]1(C)C(=O)NC1CCCCCC1. The van der Waals surface area contributed by atoms with Crippen LogP contribution in [0, 0.1) is 11.7 Å². The second-order valence-corrected chi connectivity index (χ2v) is 11.1. The summed E-state index contributed by atoms with van der Waals surface area (Å²) in [6.07, 6.45) is 11.2. The summed E-state index contributed by atoms with van der Waals surface area (Å²) in [7, 11) is 0. The molecule has 1 saturated carbocycles. The standard InChI is InChI=1S/C29H37FN4O2/c1-20(2)14-17-34-27(35)26-25(32-15-8-9-16-32)23-18-21(30)12-13-24(23)33(26)19-29(34,3)28(36)31-22-10-6-4-5-7-11-22/h8-9,12-13,15-16,18,20,22H,4-7,10-11,14,17,19H2,1-3H3,(H,31,36)/t29-/m0/s1. The Hall–Kier alpha value is -3.09. The van der Waals surface area contributed by atoms with Crippen LogP contribution in [-0.2, 0) is 11.3 Å². The third kappa shape index (κ3) is 4.33. The predicted molar refractivity (Wildman–Crippen MR) is 140 cm³/mol. The lowest BCUT2D eigenvalue weighted by molar-refractivity contribution is -0.133. The van der Waals surface area contributed by atoms with Gasteiger partial charge < -0.3 is 19.4 Å². The van der Waals surface area contributed by atoms with Gasteiger partial charge in [0.1, 0.15) is 17.1 Å². The quantitative estimate of drug-likeness (QED) is 0.451. The molecule has 1 aliphatic carbocycles. The van der Waals surface area contributed by atoms with E-state index in [-0.39, 0.29) is 23.7 Å². The molecule has 36 heavy (non-hydrogen) atoms. The number of halogens is 1. The van der Waals surface area contributed by atoms with Crippen LogP contribution in [0.1, 0.15) is 76.2 Å². The number of hydrogen-bond acceptors (Lipinski definition) is 2. The lowest BCUT2D eigenvalue weighted by Gasteiger charge is -2.45. The third-order valence-corrected chi connectivity index (χ3v) is 7.98. The predicted octanol–water partition coefficient (Wildman–Crippen LogP) is 5.67. The average molecular weight is 493 g/mol. The van der Waals surface area contributed by atoms with Crippen molar-refractivity contribution in [3.8, 4) is 5.69 Å². The molecule has 2 aliphatic rings. The summed E-state index contributed by atoms with van der Waals surface area (Å²) in [5.74, 6) is -0.237. The molecule has 0 saturated heterocycles. The van der Waals surface area contributed by atoms with Gasteiger partial charge in [-0.15, -0.1) is 0 Å². The van der Waals surface area contributed by atoms with Crippen LogP contribution in [0.2, 0.25) is 0 Å². The molecule has 5 rings (SSSR count). The van der Waals surface area contributed by atoms with E-state index >= 15 is 0 Å². The fourth-order valence-corrected chi connectivity index (χ4v) is 5.87. The second-order valence-electron chi connectivity index (χ2n) is 11.1. The molecule has 6 nitrogen and oxygen atoms in total. The highest BCUT2D eigenvalue weighted by Gasteiger charge is 2.49. The summed E-state index contributed by atoms with van der Waals surface area (Å²) in [6, 6.07) is 8.57. The summed E-state index contributed by atoms with van der Waals surface area (Å²) >= 11 is 0. The highest BCUT2D eigenvalue weighted by molar-refractivity contribution is 6.09. The van der Waals surface area contributed by atoms with Gasteiger partial charge in [0.2, 0.25) is 5.91 Å². The summed E-state index contributed by atoms with van der Waals surface area (Å²) in [5, 5.41) is 3.99. The Kier molecular flexibility index (Phi) is 6.66. The lowest BCUT2D eigenvalue weighted by Crippen LogP contribution is -2.65. The zero-order valence-corrected chi connectivity index (χ0v) is 21.6. The van der Waals surface area contributed by atoms with E-state index in [0.29, 0.717) is 35.8 Å². The number of carbonyl (C=O) groups is 2. The molecule has 0 radical (unpaired) electrons. The van der Waals surface area contributed by atoms with Crippen LogP contribution in [0.5, 0.6) is 0 Å². The Balaban J connectivity index is 1.62. The van der Waals surface area contributed by atoms with Gasteiger partial charge in [-0.2, -0.15) is 0 Å². The molecular formula is C29H37FN4O2. The normalized spacial score (nSPS) is 21.1. The van der Waals surface area contributed by atoms with Gasteiger partial charge in [-0.1, -0.05) is 39.5 Å². The van der Waals surface area contributed by atoms with E-state index in [2.05, 4.69) is 19.2 Å². The van der Waals surface area contributed by atoms with Crippen molar-refractivity contribution >= 4 is 22.7 Å². The zero-order valence-electron chi connectivity index (χ0n) is 21.6. The summed E-state index contributed by atoms with van der Waals surface area (Å²) in [6.45, 7) is 6.97. The fraction of sp³-hybridized carbons (Fsp3) is 0.517. The lowest BCUT2D eigenvalue weighted by atomic mass is 9.92. The molecule has 1 atom stereocenters. The third-order valence-electron chi connectivity index (χ3n) is 7.98. The molecule has 192 valence electrons. The van der Waals surface area contributed by atoms with Gasteiger partial charge in [0.25, 0.3) is 5.91 Å². The Labute approximate surface area is 212 Å². The van der Waals surface area contributed by atoms with Gasteiger partial charge >= 0.3 is 0 Å². The number of benzene rings is 1. The number of fused-ring (bicyclic) bond motifs is 3. The van der Waals surface area contributed by atoms with E-state index in [4.69, 9.17) is 0 Å². The number of carbonyl (C=O) groups excluding carboxylic acids is 2. The second kappa shape index (κ2) is 9.75. The molecule has 1 aliphatic heterocycles. The maximum atomic E-state index is 14.4. The molecule has 2 amide bonds. The first-order chi connectivity index (χ1) is 17.3. The largest absolute Gasteiger partial charge is 0.351 e. The summed E-state index contributed by atoms with van der Waals surface area (Å²) in [4.78, 5) is 30.0. The van der Waals surface area contributed by atoms with Crippen molar-refractivity contribution in [3.63, 3.8) is 0 Å². The number of aromatic nitrogens is 2. The first kappa shape index (κ1) is 24.6. The molecular weight excluding hydrogens is 455 g/mol. The number of nitrogens with one attached hydrogen (secondary N) is 1. The van der Waals surface area contributed by atoms with Crippen molar-refractivity contribution in [2.75, 3.05) is 6.54 Å². The monoisotopic (exact) mass is 492 g/mol. The van der Waals surface area contributed by atoms with Crippen LogP contribution in [-0.4, -0.2) is 44.0 Å². The molecule has 7 heteroatoms. The molecule has 1 fully saturated rings. The van der Waals surface area contributed by atoms with Crippen molar-refractivity contribution in [1.82, 2.24) is 19.4 Å². The fourth-order valence-electron chi connectivity index (χ4n) is 5.87. The van der Waals surface area contributed by atoms with Crippen molar-refractivity contribution in [1.29, 1.82) is 0 Å². The Morgan fingerprint density at radius 3 is 2.50 bits per heavy atom. The Morgan fingerprint density at radius 2 is 1.83 bits per heavy atom. The number of hydrogen-bond donors (Lipinski definition) is 1. The number of amides is 2. The molecule has 3 heterocycles. The van der Waals surface area contributed by atoms with Gasteiger partial charge in [0.15, 0.2) is 0 Å². The zero-order chi connectivity index (χ0) is 25.4. The van der Waals surface area contributed by atoms with E-state index in [0.717, 1.165) is 37.6 Å². The van der Waals surface area contributed by atoms with Gasteiger partial charge in [0, 0.05) is 30.4 Å². The summed E-state index contributed by atoms with van der Waals surface area (Å²) < 4.78 is 18.2. The molecule has 0 bridgehead atoms. The maximum absolute atomic E-state index is 14.4.